The van der Waals surface area contributed by atoms with Crippen LogP contribution in [0.15, 0.2) is 146 Å². The van der Waals surface area contributed by atoms with Gasteiger partial charge in [0.05, 0.1) is 16.6 Å². The molecule has 0 saturated heterocycles. The summed E-state index contributed by atoms with van der Waals surface area (Å²) in [5, 5.41) is 5.22. The quantitative estimate of drug-likeness (QED) is 0.173. The molecular formula is C44H40N2. The molecule has 8 rings (SSSR count). The van der Waals surface area contributed by atoms with E-state index in [4.69, 9.17) is 0 Å². The predicted octanol–water partition coefficient (Wildman–Crippen LogP) is 11.8. The number of nitrogens with zero attached hydrogens (tertiary/aromatic N) is 2. The van der Waals surface area contributed by atoms with Crippen molar-refractivity contribution in [2.24, 2.45) is 0 Å². The van der Waals surface area contributed by atoms with Crippen molar-refractivity contribution in [3.05, 3.63) is 162 Å². The maximum atomic E-state index is 2.57. The van der Waals surface area contributed by atoms with Crippen molar-refractivity contribution >= 4 is 43.6 Å². The highest BCUT2D eigenvalue weighted by molar-refractivity contribution is 6.09. The lowest BCUT2D eigenvalue weighted by molar-refractivity contribution is 0.402. The number of fused-ring (bicyclic) bond motifs is 6. The molecule has 2 aromatic heterocycles. The summed E-state index contributed by atoms with van der Waals surface area (Å²) in [6.07, 6.45) is 2.00. The largest absolute Gasteiger partial charge is 0.330 e. The first-order valence-corrected chi connectivity index (χ1v) is 16.7. The Hall–Kier alpha value is -5.08. The first-order chi connectivity index (χ1) is 22.5. The zero-order chi connectivity index (χ0) is 31.5. The molecule has 2 atom stereocenters. The molecule has 2 heterocycles. The summed E-state index contributed by atoms with van der Waals surface area (Å²) in [4.78, 5) is 0. The molecule has 0 aliphatic rings. The third-order valence-electron chi connectivity index (χ3n) is 11.0. The first kappa shape index (κ1) is 28.4. The summed E-state index contributed by atoms with van der Waals surface area (Å²) in [7, 11) is 0. The van der Waals surface area contributed by atoms with E-state index >= 15 is 0 Å². The van der Waals surface area contributed by atoms with Crippen molar-refractivity contribution in [3.63, 3.8) is 0 Å². The van der Waals surface area contributed by atoms with Crippen molar-refractivity contribution in [2.45, 2.75) is 51.5 Å². The molecule has 8 aromatic rings. The molecule has 0 aliphatic carbocycles. The minimum absolute atomic E-state index is 0.104. The standard InChI is InChI=1S/C44H40N2/c1-5-43(3,32-27-29-34(30-28-32)45-39-19-11-7-15-35(39)36-16-8-12-20-40(36)45)31-23-25-33(26-24-31)44(4,6-2)46-41-21-13-9-17-37(41)38-18-10-14-22-42(38)46/h7-30H,5-6H2,1-4H3/t43-,44+/m1/s1. The molecule has 0 saturated carbocycles. The summed E-state index contributed by atoms with van der Waals surface area (Å²) in [6.45, 7) is 9.41. The summed E-state index contributed by atoms with van der Waals surface area (Å²) in [5.74, 6) is 0. The Morgan fingerprint density at radius 2 is 0.783 bits per heavy atom. The molecule has 0 amide bonds. The molecule has 0 bridgehead atoms. The van der Waals surface area contributed by atoms with Gasteiger partial charge in [0.15, 0.2) is 0 Å². The van der Waals surface area contributed by atoms with Gasteiger partial charge in [0.2, 0.25) is 0 Å². The topological polar surface area (TPSA) is 9.86 Å². The third kappa shape index (κ3) is 4.09. The SMILES string of the molecule is CC[C@@](C)(c1ccc(-n2c3ccccc3c3ccccc32)cc1)c1ccc([C@](C)(CC)n2c3ccccc3c3ccccc32)cc1. The number of para-hydroxylation sites is 4. The van der Waals surface area contributed by atoms with Crippen molar-refractivity contribution < 1.29 is 0 Å². The van der Waals surface area contributed by atoms with E-state index in [2.05, 4.69) is 182 Å². The van der Waals surface area contributed by atoms with E-state index in [9.17, 15) is 0 Å². The maximum Gasteiger partial charge on any atom is 0.0672 e. The van der Waals surface area contributed by atoms with E-state index in [-0.39, 0.29) is 11.0 Å². The third-order valence-corrected chi connectivity index (χ3v) is 11.0. The van der Waals surface area contributed by atoms with Gasteiger partial charge in [-0.25, -0.2) is 0 Å². The molecule has 0 radical (unpaired) electrons. The van der Waals surface area contributed by atoms with Crippen LogP contribution in [0.5, 0.6) is 0 Å². The molecule has 0 N–H and O–H groups in total. The molecule has 0 fully saturated rings. The average molecular weight is 597 g/mol. The molecule has 46 heavy (non-hydrogen) atoms. The first-order valence-electron chi connectivity index (χ1n) is 16.7. The second-order valence-corrected chi connectivity index (χ2v) is 13.2. The normalized spacial score (nSPS) is 14.6. The van der Waals surface area contributed by atoms with E-state index in [1.165, 1.54) is 66.0 Å². The fourth-order valence-corrected chi connectivity index (χ4v) is 7.90. The summed E-state index contributed by atoms with van der Waals surface area (Å²) in [6, 6.07) is 53.9. The predicted molar refractivity (Wildman–Crippen MR) is 196 cm³/mol. The fraction of sp³-hybridized carbons (Fsp3) is 0.182. The lowest BCUT2D eigenvalue weighted by atomic mass is 9.73. The molecule has 226 valence electrons. The number of benzene rings is 6. The van der Waals surface area contributed by atoms with Gasteiger partial charge in [0, 0.05) is 43.7 Å². The van der Waals surface area contributed by atoms with Crippen molar-refractivity contribution in [1.82, 2.24) is 9.13 Å². The Kier molecular flexibility index (Phi) is 6.65. The molecule has 2 nitrogen and oxygen atoms in total. The van der Waals surface area contributed by atoms with Gasteiger partial charge < -0.3 is 9.13 Å². The van der Waals surface area contributed by atoms with Crippen molar-refractivity contribution in [1.29, 1.82) is 0 Å². The van der Waals surface area contributed by atoms with Gasteiger partial charge in [-0.05, 0) is 72.9 Å². The molecule has 2 heteroatoms. The highest BCUT2D eigenvalue weighted by Crippen LogP contribution is 2.42. The highest BCUT2D eigenvalue weighted by Gasteiger charge is 2.32. The summed E-state index contributed by atoms with van der Waals surface area (Å²) >= 11 is 0. The van der Waals surface area contributed by atoms with Gasteiger partial charge in [0.1, 0.15) is 0 Å². The van der Waals surface area contributed by atoms with Crippen LogP contribution in [0, 0.1) is 0 Å². The van der Waals surface area contributed by atoms with Crippen molar-refractivity contribution in [2.75, 3.05) is 0 Å². The minimum atomic E-state index is -0.187. The van der Waals surface area contributed by atoms with Gasteiger partial charge in [-0.1, -0.05) is 130 Å². The zero-order valence-electron chi connectivity index (χ0n) is 27.2. The molecule has 0 spiro atoms. The molecule has 0 aliphatic heterocycles. The lowest BCUT2D eigenvalue weighted by Gasteiger charge is -2.35. The van der Waals surface area contributed by atoms with E-state index in [1.807, 2.05) is 0 Å². The Bertz CT molecular complexity index is 2250. The molecule has 0 unspecified atom stereocenters. The van der Waals surface area contributed by atoms with Gasteiger partial charge in [0.25, 0.3) is 0 Å². The van der Waals surface area contributed by atoms with Gasteiger partial charge in [-0.3, -0.25) is 0 Å². The summed E-state index contributed by atoms with van der Waals surface area (Å²) < 4.78 is 4.96. The van der Waals surface area contributed by atoms with E-state index in [0.717, 1.165) is 12.8 Å². The average Bonchev–Trinajstić information content (AvgIpc) is 3.65. The van der Waals surface area contributed by atoms with Crippen LogP contribution in [0.3, 0.4) is 0 Å². The van der Waals surface area contributed by atoms with Crippen LogP contribution in [0.4, 0.5) is 0 Å². The van der Waals surface area contributed by atoms with Crippen LogP contribution in [-0.4, -0.2) is 9.13 Å². The molecular weight excluding hydrogens is 556 g/mol. The second kappa shape index (κ2) is 10.8. The Balaban J connectivity index is 1.18. The minimum Gasteiger partial charge on any atom is -0.330 e. The van der Waals surface area contributed by atoms with Gasteiger partial charge in [-0.15, -0.1) is 0 Å². The smallest absolute Gasteiger partial charge is 0.0672 e. The van der Waals surface area contributed by atoms with Crippen LogP contribution < -0.4 is 0 Å². The fourth-order valence-electron chi connectivity index (χ4n) is 7.90. The van der Waals surface area contributed by atoms with Gasteiger partial charge >= 0.3 is 0 Å². The van der Waals surface area contributed by atoms with Gasteiger partial charge in [-0.2, -0.15) is 0 Å². The van der Waals surface area contributed by atoms with Crippen LogP contribution >= 0.6 is 0 Å². The lowest BCUT2D eigenvalue weighted by Crippen LogP contribution is -2.31. The molecule has 6 aromatic carbocycles. The zero-order valence-corrected chi connectivity index (χ0v) is 27.2. The van der Waals surface area contributed by atoms with Crippen molar-refractivity contribution in [3.8, 4) is 5.69 Å². The number of aromatic nitrogens is 2. The van der Waals surface area contributed by atoms with Crippen LogP contribution in [-0.2, 0) is 11.0 Å². The Morgan fingerprint density at radius 1 is 0.413 bits per heavy atom. The van der Waals surface area contributed by atoms with Crippen LogP contribution in [0.2, 0.25) is 0 Å². The van der Waals surface area contributed by atoms with E-state index in [0.29, 0.717) is 0 Å². The van der Waals surface area contributed by atoms with Crippen LogP contribution in [0.1, 0.15) is 57.2 Å². The Morgan fingerprint density at radius 3 is 1.22 bits per heavy atom. The highest BCUT2D eigenvalue weighted by atomic mass is 15.1. The summed E-state index contributed by atoms with van der Waals surface area (Å²) in [5.41, 5.74) is 10.0. The maximum absolute atomic E-state index is 2.57. The van der Waals surface area contributed by atoms with Crippen LogP contribution in [0.25, 0.3) is 49.3 Å². The van der Waals surface area contributed by atoms with E-state index < -0.39 is 0 Å². The Labute approximate surface area is 271 Å². The van der Waals surface area contributed by atoms with E-state index in [1.54, 1.807) is 0 Å². The number of rotatable bonds is 7. The second-order valence-electron chi connectivity index (χ2n) is 13.2. The number of hydrogen-bond acceptors (Lipinski definition) is 0. The number of hydrogen-bond donors (Lipinski definition) is 0. The monoisotopic (exact) mass is 596 g/mol.